The summed E-state index contributed by atoms with van der Waals surface area (Å²) in [5, 5.41) is 3.29. The highest BCUT2D eigenvalue weighted by atomic mass is 16.5. The predicted molar refractivity (Wildman–Crippen MR) is 115 cm³/mol. The van der Waals surface area contributed by atoms with Gasteiger partial charge in [0, 0.05) is 23.9 Å². The first-order chi connectivity index (χ1) is 14.3. The predicted octanol–water partition coefficient (Wildman–Crippen LogP) is 4.28. The lowest BCUT2D eigenvalue weighted by Crippen LogP contribution is -2.39. The van der Waals surface area contributed by atoms with Crippen molar-refractivity contribution in [3.63, 3.8) is 0 Å². The number of ether oxygens (including phenoxy) is 1. The first-order valence-electron chi connectivity index (χ1n) is 12.0. The molecule has 2 saturated carbocycles. The van der Waals surface area contributed by atoms with Crippen LogP contribution >= 0.6 is 0 Å². The SMILES string of the molecule is O=C(NC1CCC(CCN2CCC(c3cccc4c3CCO4)CC2)CC1)C1CC1. The molecule has 5 rings (SSSR count). The van der Waals surface area contributed by atoms with Crippen LogP contribution < -0.4 is 10.1 Å². The lowest BCUT2D eigenvalue weighted by molar-refractivity contribution is -0.123. The number of likely N-dealkylation sites (tertiary alicyclic amines) is 1. The summed E-state index contributed by atoms with van der Waals surface area (Å²) in [7, 11) is 0. The van der Waals surface area contributed by atoms with Gasteiger partial charge in [-0.05, 0) is 101 Å². The van der Waals surface area contributed by atoms with Crippen LogP contribution in [0.2, 0.25) is 0 Å². The van der Waals surface area contributed by atoms with Crippen LogP contribution in [0.1, 0.15) is 74.8 Å². The number of carbonyl (C=O) groups is 1. The lowest BCUT2D eigenvalue weighted by atomic mass is 9.83. The first-order valence-corrected chi connectivity index (χ1v) is 12.0. The highest BCUT2D eigenvalue weighted by molar-refractivity contribution is 5.81. The quantitative estimate of drug-likeness (QED) is 0.780. The van der Waals surface area contributed by atoms with Gasteiger partial charge in [0.2, 0.25) is 5.91 Å². The summed E-state index contributed by atoms with van der Waals surface area (Å²) in [5.41, 5.74) is 3.04. The van der Waals surface area contributed by atoms with Crippen molar-refractivity contribution in [2.24, 2.45) is 11.8 Å². The number of rotatable bonds is 6. The van der Waals surface area contributed by atoms with E-state index < -0.39 is 0 Å². The fraction of sp³-hybridized carbons (Fsp3) is 0.720. The second-order valence-electron chi connectivity index (χ2n) is 9.83. The summed E-state index contributed by atoms with van der Waals surface area (Å²) < 4.78 is 5.77. The molecule has 29 heavy (non-hydrogen) atoms. The Labute approximate surface area is 175 Å². The molecule has 0 aromatic heterocycles. The zero-order valence-corrected chi connectivity index (χ0v) is 17.7. The molecule has 158 valence electrons. The summed E-state index contributed by atoms with van der Waals surface area (Å²) in [6, 6.07) is 7.10. The van der Waals surface area contributed by atoms with E-state index in [0.717, 1.165) is 37.5 Å². The van der Waals surface area contributed by atoms with Crippen molar-refractivity contribution in [3.05, 3.63) is 29.3 Å². The smallest absolute Gasteiger partial charge is 0.223 e. The van der Waals surface area contributed by atoms with Crippen molar-refractivity contribution in [3.8, 4) is 5.75 Å². The monoisotopic (exact) mass is 396 g/mol. The third-order valence-corrected chi connectivity index (χ3v) is 7.80. The van der Waals surface area contributed by atoms with Crippen molar-refractivity contribution in [1.29, 1.82) is 0 Å². The topological polar surface area (TPSA) is 41.6 Å². The second-order valence-corrected chi connectivity index (χ2v) is 9.83. The number of hydrogen-bond acceptors (Lipinski definition) is 3. The minimum absolute atomic E-state index is 0.326. The molecule has 0 radical (unpaired) electrons. The average Bonchev–Trinajstić information content (AvgIpc) is 3.50. The van der Waals surface area contributed by atoms with Crippen LogP contribution in [0.4, 0.5) is 0 Å². The Bertz CT molecular complexity index is 714. The maximum atomic E-state index is 12.0. The zero-order valence-electron chi connectivity index (χ0n) is 17.7. The Morgan fingerprint density at radius 1 is 1.03 bits per heavy atom. The molecule has 1 N–H and O–H groups in total. The fourth-order valence-electron chi connectivity index (χ4n) is 5.72. The number of fused-ring (bicyclic) bond motifs is 1. The average molecular weight is 397 g/mol. The van der Waals surface area contributed by atoms with Crippen LogP contribution in [0.25, 0.3) is 0 Å². The van der Waals surface area contributed by atoms with Gasteiger partial charge >= 0.3 is 0 Å². The van der Waals surface area contributed by atoms with Gasteiger partial charge < -0.3 is 15.0 Å². The van der Waals surface area contributed by atoms with Gasteiger partial charge in [-0.25, -0.2) is 0 Å². The van der Waals surface area contributed by atoms with Gasteiger partial charge in [-0.15, -0.1) is 0 Å². The molecule has 1 aromatic carbocycles. The number of nitrogens with one attached hydrogen (secondary N) is 1. The molecule has 4 aliphatic rings. The van der Waals surface area contributed by atoms with Gasteiger partial charge in [-0.1, -0.05) is 12.1 Å². The maximum Gasteiger partial charge on any atom is 0.223 e. The van der Waals surface area contributed by atoms with E-state index in [9.17, 15) is 4.79 Å². The molecule has 0 bridgehead atoms. The Morgan fingerprint density at radius 2 is 1.83 bits per heavy atom. The van der Waals surface area contributed by atoms with Crippen molar-refractivity contribution in [1.82, 2.24) is 10.2 Å². The summed E-state index contributed by atoms with van der Waals surface area (Å²) in [4.78, 5) is 14.6. The fourth-order valence-corrected chi connectivity index (χ4v) is 5.72. The number of piperidine rings is 1. The standard InChI is InChI=1S/C25H36N2O2/c28-25(20-6-7-20)26-21-8-4-18(5-9-21)10-14-27-15-11-19(12-16-27)22-2-1-3-24-23(22)13-17-29-24/h1-3,18-21H,4-17H2,(H,26,28). The van der Waals surface area contributed by atoms with Crippen LogP contribution in [0.15, 0.2) is 18.2 Å². The molecule has 3 fully saturated rings. The molecule has 4 heteroatoms. The van der Waals surface area contributed by atoms with E-state index in [2.05, 4.69) is 28.4 Å². The largest absolute Gasteiger partial charge is 0.493 e. The van der Waals surface area contributed by atoms with Gasteiger partial charge in [0.25, 0.3) is 0 Å². The molecule has 0 atom stereocenters. The van der Waals surface area contributed by atoms with E-state index in [1.807, 2.05) is 0 Å². The first kappa shape index (κ1) is 19.4. The lowest BCUT2D eigenvalue weighted by Gasteiger charge is -2.35. The minimum atomic E-state index is 0.326. The molecule has 2 aliphatic heterocycles. The highest BCUT2D eigenvalue weighted by Crippen LogP contribution is 2.37. The number of carbonyl (C=O) groups excluding carboxylic acids is 1. The Balaban J connectivity index is 1.03. The van der Waals surface area contributed by atoms with E-state index in [1.165, 1.54) is 70.1 Å². The van der Waals surface area contributed by atoms with Gasteiger partial charge in [0.15, 0.2) is 0 Å². The van der Waals surface area contributed by atoms with Crippen LogP contribution in [0, 0.1) is 11.8 Å². The number of benzene rings is 1. The highest BCUT2D eigenvalue weighted by Gasteiger charge is 2.32. The molecule has 1 saturated heterocycles. The van der Waals surface area contributed by atoms with E-state index in [0.29, 0.717) is 23.8 Å². The van der Waals surface area contributed by atoms with Gasteiger partial charge in [0.05, 0.1) is 6.61 Å². The van der Waals surface area contributed by atoms with Crippen molar-refractivity contribution >= 4 is 5.91 Å². The molecule has 2 aliphatic carbocycles. The number of amides is 1. The summed E-state index contributed by atoms with van der Waals surface area (Å²) in [5.74, 6) is 3.38. The van der Waals surface area contributed by atoms with E-state index in [-0.39, 0.29) is 0 Å². The Hall–Kier alpha value is -1.55. The van der Waals surface area contributed by atoms with Crippen molar-refractivity contribution < 1.29 is 9.53 Å². The number of hydrogen-bond donors (Lipinski definition) is 1. The zero-order chi connectivity index (χ0) is 19.6. The number of nitrogens with zero attached hydrogens (tertiary/aromatic N) is 1. The van der Waals surface area contributed by atoms with E-state index in [4.69, 9.17) is 4.74 Å². The molecule has 0 spiro atoms. The van der Waals surface area contributed by atoms with Gasteiger partial charge in [-0.3, -0.25) is 4.79 Å². The third kappa shape index (κ3) is 4.63. The van der Waals surface area contributed by atoms with Crippen LogP contribution in [0.5, 0.6) is 5.75 Å². The molecule has 2 heterocycles. The van der Waals surface area contributed by atoms with Crippen LogP contribution in [-0.2, 0) is 11.2 Å². The Morgan fingerprint density at radius 3 is 2.59 bits per heavy atom. The van der Waals surface area contributed by atoms with Gasteiger partial charge in [-0.2, -0.15) is 0 Å². The van der Waals surface area contributed by atoms with Crippen LogP contribution in [-0.4, -0.2) is 43.1 Å². The second kappa shape index (κ2) is 8.67. The van der Waals surface area contributed by atoms with Crippen molar-refractivity contribution in [2.45, 2.75) is 76.2 Å². The molecule has 1 amide bonds. The maximum absolute atomic E-state index is 12.0. The summed E-state index contributed by atoms with van der Waals surface area (Å²) in [6.45, 7) is 4.59. The minimum Gasteiger partial charge on any atom is -0.493 e. The third-order valence-electron chi connectivity index (χ3n) is 7.80. The molecular formula is C25H36N2O2. The van der Waals surface area contributed by atoms with E-state index >= 15 is 0 Å². The van der Waals surface area contributed by atoms with Crippen LogP contribution in [0.3, 0.4) is 0 Å². The molecular weight excluding hydrogens is 360 g/mol. The summed E-state index contributed by atoms with van der Waals surface area (Å²) >= 11 is 0. The Kier molecular flexibility index (Phi) is 5.81. The molecule has 0 unspecified atom stereocenters. The molecule has 4 nitrogen and oxygen atoms in total. The summed E-state index contributed by atoms with van der Waals surface area (Å²) in [6.07, 6.45) is 12.2. The normalized spacial score (nSPS) is 28.0. The van der Waals surface area contributed by atoms with E-state index in [1.54, 1.807) is 5.56 Å². The molecule has 1 aromatic rings. The van der Waals surface area contributed by atoms with Crippen molar-refractivity contribution in [2.75, 3.05) is 26.2 Å². The van der Waals surface area contributed by atoms with Gasteiger partial charge in [0.1, 0.15) is 5.75 Å².